The summed E-state index contributed by atoms with van der Waals surface area (Å²) < 4.78 is 5.29. The second-order valence-electron chi connectivity index (χ2n) is 10.4. The Labute approximate surface area is 248 Å². The number of ether oxygens (including phenoxy) is 1. The van der Waals surface area contributed by atoms with Crippen LogP contribution in [0.3, 0.4) is 0 Å². The number of rotatable bonds is 10. The summed E-state index contributed by atoms with van der Waals surface area (Å²) in [7, 11) is 1.68. The lowest BCUT2D eigenvalue weighted by molar-refractivity contribution is 0.415. The predicted molar refractivity (Wildman–Crippen MR) is 173 cm³/mol. The van der Waals surface area contributed by atoms with Gasteiger partial charge in [-0.25, -0.2) is 9.99 Å². The fourth-order valence-corrected chi connectivity index (χ4v) is 5.25. The number of aromatic nitrogens is 1. The summed E-state index contributed by atoms with van der Waals surface area (Å²) in [6, 6.07) is 44.3. The largest absolute Gasteiger partial charge is 0.497 e. The van der Waals surface area contributed by atoms with Gasteiger partial charge in [-0.3, -0.25) is 0 Å². The van der Waals surface area contributed by atoms with Gasteiger partial charge >= 0.3 is 0 Å². The van der Waals surface area contributed by atoms with Gasteiger partial charge in [0.15, 0.2) is 0 Å². The SMILES string of the molecule is COc1ccc(C=CC2=NN(c3ccccn3)C(c3ccc(N(Cc4ccccc4)Cc4ccccc4)cc3)C2)cc1. The van der Waals surface area contributed by atoms with Crippen LogP contribution in [0.2, 0.25) is 0 Å². The number of anilines is 2. The van der Waals surface area contributed by atoms with Crippen LogP contribution in [0.5, 0.6) is 5.75 Å². The van der Waals surface area contributed by atoms with Crippen LogP contribution in [-0.4, -0.2) is 17.8 Å². The number of pyridine rings is 1. The Bertz CT molecular complexity index is 1580. The Kier molecular flexibility index (Phi) is 8.37. The first-order valence-electron chi connectivity index (χ1n) is 14.3. The molecule has 5 aromatic rings. The van der Waals surface area contributed by atoms with E-state index in [1.54, 1.807) is 7.11 Å². The molecule has 1 atom stereocenters. The summed E-state index contributed by atoms with van der Waals surface area (Å²) >= 11 is 0. The van der Waals surface area contributed by atoms with Crippen LogP contribution in [0.25, 0.3) is 6.08 Å². The zero-order chi connectivity index (χ0) is 28.6. The van der Waals surface area contributed by atoms with Gasteiger partial charge in [-0.05, 0) is 64.7 Å². The lowest BCUT2D eigenvalue weighted by Crippen LogP contribution is -2.22. The summed E-state index contributed by atoms with van der Waals surface area (Å²) in [6.45, 7) is 1.67. The summed E-state index contributed by atoms with van der Waals surface area (Å²) in [5.41, 5.74) is 7.09. The van der Waals surface area contributed by atoms with Crippen molar-refractivity contribution >= 4 is 23.3 Å². The van der Waals surface area contributed by atoms with Crippen LogP contribution >= 0.6 is 0 Å². The highest BCUT2D eigenvalue weighted by Crippen LogP contribution is 2.35. The quantitative estimate of drug-likeness (QED) is 0.175. The predicted octanol–water partition coefficient (Wildman–Crippen LogP) is 8.32. The van der Waals surface area contributed by atoms with Crippen LogP contribution in [0, 0.1) is 0 Å². The second kappa shape index (κ2) is 13.0. The number of allylic oxidation sites excluding steroid dienone is 1. The topological polar surface area (TPSA) is 41.0 Å². The van der Waals surface area contributed by atoms with Crippen LogP contribution < -0.4 is 14.6 Å². The summed E-state index contributed by atoms with van der Waals surface area (Å²) in [5, 5.41) is 7.05. The van der Waals surface area contributed by atoms with Gasteiger partial charge in [-0.2, -0.15) is 5.10 Å². The second-order valence-corrected chi connectivity index (χ2v) is 10.4. The maximum Gasteiger partial charge on any atom is 0.149 e. The van der Waals surface area contributed by atoms with E-state index < -0.39 is 0 Å². The zero-order valence-corrected chi connectivity index (χ0v) is 23.8. The van der Waals surface area contributed by atoms with E-state index in [1.807, 2.05) is 48.7 Å². The fraction of sp³-hybridized carbons (Fsp3) is 0.135. The molecule has 2 heterocycles. The molecule has 0 N–H and O–H groups in total. The van der Waals surface area contributed by atoms with Crippen molar-refractivity contribution < 1.29 is 4.74 Å². The summed E-state index contributed by atoms with van der Waals surface area (Å²) in [5.74, 6) is 1.69. The van der Waals surface area contributed by atoms with Gasteiger partial charge < -0.3 is 9.64 Å². The minimum atomic E-state index is 0.0566. The molecule has 5 nitrogen and oxygen atoms in total. The van der Waals surface area contributed by atoms with E-state index >= 15 is 0 Å². The van der Waals surface area contributed by atoms with Crippen molar-refractivity contribution in [1.29, 1.82) is 0 Å². The molecule has 0 bridgehead atoms. The highest BCUT2D eigenvalue weighted by atomic mass is 16.5. The number of hydrazone groups is 1. The zero-order valence-electron chi connectivity index (χ0n) is 23.8. The Hall–Kier alpha value is -5.16. The van der Waals surface area contributed by atoms with Crippen molar-refractivity contribution in [3.05, 3.63) is 162 Å². The van der Waals surface area contributed by atoms with Crippen LogP contribution in [-0.2, 0) is 13.1 Å². The lowest BCUT2D eigenvalue weighted by atomic mass is 10.0. The van der Waals surface area contributed by atoms with E-state index in [1.165, 1.54) is 22.4 Å². The van der Waals surface area contributed by atoms with Crippen molar-refractivity contribution in [2.45, 2.75) is 25.6 Å². The van der Waals surface area contributed by atoms with E-state index in [-0.39, 0.29) is 6.04 Å². The highest BCUT2D eigenvalue weighted by molar-refractivity contribution is 6.01. The van der Waals surface area contributed by atoms with Gasteiger partial charge in [0.1, 0.15) is 11.6 Å². The van der Waals surface area contributed by atoms with E-state index in [2.05, 4.69) is 112 Å². The molecular weight excluding hydrogens is 516 g/mol. The first-order valence-corrected chi connectivity index (χ1v) is 14.3. The highest BCUT2D eigenvalue weighted by Gasteiger charge is 2.29. The van der Waals surface area contributed by atoms with Crippen molar-refractivity contribution in [1.82, 2.24) is 4.98 Å². The molecule has 0 amide bonds. The number of hydrogen-bond donors (Lipinski definition) is 0. The van der Waals surface area contributed by atoms with Crippen LogP contribution in [0.4, 0.5) is 11.5 Å². The Morgan fingerprint density at radius 2 is 1.38 bits per heavy atom. The summed E-state index contributed by atoms with van der Waals surface area (Å²) in [4.78, 5) is 7.05. The standard InChI is InChI=1S/C37H34N4O/c1-42-35-23-16-29(17-24-35)15-20-33-26-36(41(39-33)37-14-8-9-25-38-37)32-18-21-34(22-19-32)40(27-30-10-4-2-5-11-30)28-31-12-6-3-7-13-31/h2-25,36H,26-28H2,1H3. The molecule has 208 valence electrons. The van der Waals surface area contributed by atoms with Crippen molar-refractivity contribution in [2.24, 2.45) is 5.10 Å². The molecule has 1 aromatic heterocycles. The third-order valence-corrected chi connectivity index (χ3v) is 7.48. The molecule has 0 radical (unpaired) electrons. The van der Waals surface area contributed by atoms with Gasteiger partial charge in [-0.1, -0.05) is 97.1 Å². The molecule has 0 aliphatic carbocycles. The minimum Gasteiger partial charge on any atom is -0.497 e. The average molecular weight is 551 g/mol. The van der Waals surface area contributed by atoms with E-state index in [4.69, 9.17) is 9.84 Å². The van der Waals surface area contributed by atoms with Gasteiger partial charge in [0, 0.05) is 31.4 Å². The number of hydrogen-bond acceptors (Lipinski definition) is 5. The third kappa shape index (κ3) is 6.58. The van der Waals surface area contributed by atoms with Gasteiger partial charge in [0.05, 0.1) is 18.9 Å². The number of methoxy groups -OCH3 is 1. The average Bonchev–Trinajstić information content (AvgIpc) is 3.50. The molecule has 4 aromatic carbocycles. The third-order valence-electron chi connectivity index (χ3n) is 7.48. The lowest BCUT2D eigenvalue weighted by Gasteiger charge is -2.27. The molecule has 0 saturated heterocycles. The maximum atomic E-state index is 5.29. The molecule has 0 spiro atoms. The Morgan fingerprint density at radius 1 is 0.738 bits per heavy atom. The van der Waals surface area contributed by atoms with Crippen LogP contribution in [0.1, 0.15) is 34.7 Å². The molecular formula is C37H34N4O. The van der Waals surface area contributed by atoms with Gasteiger partial charge in [0.2, 0.25) is 0 Å². The van der Waals surface area contributed by atoms with Crippen LogP contribution in [0.15, 0.2) is 145 Å². The van der Waals surface area contributed by atoms with E-state index in [9.17, 15) is 0 Å². The number of benzene rings is 4. The van der Waals surface area contributed by atoms with E-state index in [0.717, 1.165) is 42.4 Å². The van der Waals surface area contributed by atoms with Crippen molar-refractivity contribution in [2.75, 3.05) is 17.0 Å². The molecule has 1 aliphatic heterocycles. The van der Waals surface area contributed by atoms with E-state index in [0.29, 0.717) is 0 Å². The smallest absolute Gasteiger partial charge is 0.149 e. The molecule has 1 aliphatic rings. The minimum absolute atomic E-state index is 0.0566. The first-order chi connectivity index (χ1) is 20.7. The maximum absolute atomic E-state index is 5.29. The number of nitrogens with zero attached hydrogens (tertiary/aromatic N) is 4. The fourth-order valence-electron chi connectivity index (χ4n) is 5.25. The normalized spacial score (nSPS) is 14.6. The molecule has 1 unspecified atom stereocenters. The van der Waals surface area contributed by atoms with Crippen molar-refractivity contribution in [3.8, 4) is 5.75 Å². The molecule has 6 rings (SSSR count). The van der Waals surface area contributed by atoms with Gasteiger partial charge in [0.25, 0.3) is 0 Å². The molecule has 0 saturated carbocycles. The van der Waals surface area contributed by atoms with Gasteiger partial charge in [-0.15, -0.1) is 0 Å². The molecule has 5 heteroatoms. The Balaban J connectivity index is 1.25. The Morgan fingerprint density at radius 3 is 1.98 bits per heavy atom. The molecule has 42 heavy (non-hydrogen) atoms. The first kappa shape index (κ1) is 27.0. The van der Waals surface area contributed by atoms with Crippen molar-refractivity contribution in [3.63, 3.8) is 0 Å². The monoisotopic (exact) mass is 550 g/mol. The summed E-state index contributed by atoms with van der Waals surface area (Å²) in [6.07, 6.45) is 6.82. The molecule has 0 fully saturated rings.